The van der Waals surface area contributed by atoms with Crippen LogP contribution in [0.4, 0.5) is 10.5 Å². The van der Waals surface area contributed by atoms with Gasteiger partial charge in [-0.25, -0.2) is 9.28 Å². The van der Waals surface area contributed by atoms with E-state index in [1.54, 1.807) is 14.1 Å². The minimum atomic E-state index is -0.211. The van der Waals surface area contributed by atoms with E-state index in [1.807, 2.05) is 54.6 Å². The number of carbonyl (C=O) groups excluding carboxylic acids is 1. The maximum absolute atomic E-state index is 11.4. The normalized spacial score (nSPS) is 11.1. The summed E-state index contributed by atoms with van der Waals surface area (Å²) in [7, 11) is 3.59. The number of carbonyl (C=O) groups is 1. The second kappa shape index (κ2) is 5.47. The van der Waals surface area contributed by atoms with Crippen LogP contribution in [0.3, 0.4) is 0 Å². The number of benzene rings is 2. The minimum Gasteiger partial charge on any atom is -0.457 e. The molecule has 0 heterocycles. The zero-order valence-electron chi connectivity index (χ0n) is 10.9. The number of nitrogens with zero attached hydrogens (tertiary/aromatic N) is 1. The van der Waals surface area contributed by atoms with Crippen molar-refractivity contribution in [2.75, 3.05) is 14.1 Å². The molecule has 1 amide bonds. The van der Waals surface area contributed by atoms with E-state index in [-0.39, 0.29) is 9.72 Å². The van der Waals surface area contributed by atoms with Gasteiger partial charge in [-0.2, -0.15) is 0 Å². The molecule has 19 heavy (non-hydrogen) atoms. The monoisotopic (exact) mass is 274 g/mol. The number of quaternary nitrogens is 1. The summed E-state index contributed by atoms with van der Waals surface area (Å²) < 4.78 is 5.79. The number of amides is 1. The molecule has 0 saturated carbocycles. The third kappa shape index (κ3) is 3.16. The Morgan fingerprint density at radius 2 is 1.47 bits per heavy atom. The number of hydrogen-bond acceptors (Lipinski definition) is 2. The molecule has 0 radical (unpaired) electrons. The van der Waals surface area contributed by atoms with Gasteiger partial charge in [-0.1, -0.05) is 18.2 Å². The van der Waals surface area contributed by atoms with Crippen LogP contribution in [0.15, 0.2) is 54.6 Å². The fourth-order valence-corrected chi connectivity index (χ4v) is 1.74. The number of ether oxygens (including phenoxy) is 1. The molecule has 2 aromatic carbocycles. The lowest BCUT2D eigenvalue weighted by atomic mass is 10.2. The summed E-state index contributed by atoms with van der Waals surface area (Å²) in [5.41, 5.74) is 0.861. The molecule has 0 fully saturated rings. The summed E-state index contributed by atoms with van der Waals surface area (Å²) in [6, 6.07) is 17.0. The van der Waals surface area contributed by atoms with E-state index >= 15 is 0 Å². The fourth-order valence-electron chi connectivity index (χ4n) is 1.62. The molecule has 0 aliphatic rings. The van der Waals surface area contributed by atoms with Crippen molar-refractivity contribution in [3.8, 4) is 11.5 Å². The van der Waals surface area contributed by atoms with Gasteiger partial charge >= 0.3 is 5.24 Å². The Morgan fingerprint density at radius 1 is 0.947 bits per heavy atom. The van der Waals surface area contributed by atoms with Gasteiger partial charge in [0, 0.05) is 12.1 Å². The Hall–Kier alpha value is -1.78. The van der Waals surface area contributed by atoms with Crippen molar-refractivity contribution in [2.24, 2.45) is 0 Å². The summed E-state index contributed by atoms with van der Waals surface area (Å²) in [4.78, 5) is 11.4. The molecule has 0 N–H and O–H groups in total. The SMILES string of the molecule is C[N+](C)(C(=O)S)c1ccc(Oc2ccccc2)cc1. The van der Waals surface area contributed by atoms with E-state index in [2.05, 4.69) is 12.6 Å². The highest BCUT2D eigenvalue weighted by atomic mass is 32.1. The van der Waals surface area contributed by atoms with E-state index in [0.29, 0.717) is 0 Å². The first-order valence-corrected chi connectivity index (χ1v) is 6.36. The Bertz CT molecular complexity index is 564. The third-order valence-electron chi connectivity index (χ3n) is 2.94. The van der Waals surface area contributed by atoms with E-state index in [9.17, 15) is 4.79 Å². The topological polar surface area (TPSA) is 26.3 Å². The fraction of sp³-hybridized carbons (Fsp3) is 0.133. The van der Waals surface area contributed by atoms with Crippen LogP contribution in [-0.2, 0) is 0 Å². The highest BCUT2D eigenvalue weighted by molar-refractivity contribution is 7.96. The number of rotatable bonds is 3. The predicted octanol–water partition coefficient (Wildman–Crippen LogP) is 4.10. The Morgan fingerprint density at radius 3 is 2.00 bits per heavy atom. The van der Waals surface area contributed by atoms with Crippen molar-refractivity contribution in [1.82, 2.24) is 4.48 Å². The molecule has 0 saturated heterocycles. The Balaban J connectivity index is 2.18. The van der Waals surface area contributed by atoms with Crippen molar-refractivity contribution in [3.05, 3.63) is 54.6 Å². The standard InChI is InChI=1S/C15H15NO2S/c1-16(2,15(17)19)12-8-10-14(11-9-12)18-13-6-4-3-5-7-13/h3-11H,1-2H3/p+1. The Kier molecular flexibility index (Phi) is 3.93. The largest absolute Gasteiger partial charge is 0.457 e. The molecule has 3 nitrogen and oxygen atoms in total. The lowest BCUT2D eigenvalue weighted by molar-refractivity contribution is 0.241. The molecular formula is C15H16NO2S+. The molecule has 2 aromatic rings. The molecule has 4 heteroatoms. The first-order valence-electron chi connectivity index (χ1n) is 5.91. The molecule has 0 aliphatic heterocycles. The maximum atomic E-state index is 11.4. The first-order chi connectivity index (χ1) is 9.00. The smallest absolute Gasteiger partial charge is 0.376 e. The molecule has 0 atom stereocenters. The van der Waals surface area contributed by atoms with Gasteiger partial charge in [0.05, 0.1) is 14.1 Å². The highest BCUT2D eigenvalue weighted by Crippen LogP contribution is 2.26. The summed E-state index contributed by atoms with van der Waals surface area (Å²) in [5, 5.41) is -0.211. The lowest BCUT2D eigenvalue weighted by Crippen LogP contribution is -2.42. The average molecular weight is 274 g/mol. The van der Waals surface area contributed by atoms with Crippen LogP contribution >= 0.6 is 12.6 Å². The van der Waals surface area contributed by atoms with Crippen molar-refractivity contribution < 1.29 is 9.53 Å². The van der Waals surface area contributed by atoms with Crippen molar-refractivity contribution in [1.29, 1.82) is 0 Å². The minimum absolute atomic E-state index is 0.0920. The number of thiol groups is 1. The summed E-state index contributed by atoms with van der Waals surface area (Å²) in [6.45, 7) is 0. The van der Waals surface area contributed by atoms with Gasteiger partial charge in [0.2, 0.25) is 0 Å². The van der Waals surface area contributed by atoms with E-state index in [4.69, 9.17) is 4.74 Å². The second-order valence-corrected chi connectivity index (χ2v) is 5.03. The number of para-hydroxylation sites is 1. The molecule has 0 spiro atoms. The van der Waals surface area contributed by atoms with Gasteiger partial charge in [0.25, 0.3) is 0 Å². The first kappa shape index (κ1) is 13.6. The van der Waals surface area contributed by atoms with Crippen molar-refractivity contribution in [2.45, 2.75) is 0 Å². The molecule has 0 unspecified atom stereocenters. The lowest BCUT2D eigenvalue weighted by Gasteiger charge is -2.23. The molecule has 2 rings (SSSR count). The zero-order chi connectivity index (χ0) is 13.9. The van der Waals surface area contributed by atoms with Crippen molar-refractivity contribution >= 4 is 23.6 Å². The third-order valence-corrected chi connectivity index (χ3v) is 3.44. The summed E-state index contributed by atoms with van der Waals surface area (Å²) >= 11 is 3.90. The van der Waals surface area contributed by atoms with Gasteiger partial charge in [-0.15, -0.1) is 0 Å². The maximum Gasteiger partial charge on any atom is 0.376 e. The molecule has 0 aliphatic carbocycles. The van der Waals surface area contributed by atoms with Crippen LogP contribution in [0.25, 0.3) is 0 Å². The van der Waals surface area contributed by atoms with Gasteiger partial charge in [-0.3, -0.25) is 0 Å². The summed E-state index contributed by atoms with van der Waals surface area (Å²) in [5.74, 6) is 1.52. The summed E-state index contributed by atoms with van der Waals surface area (Å²) in [6.07, 6.45) is 0. The van der Waals surface area contributed by atoms with Gasteiger partial charge < -0.3 is 4.74 Å². The quantitative estimate of drug-likeness (QED) is 0.674. The Labute approximate surface area is 118 Å². The highest BCUT2D eigenvalue weighted by Gasteiger charge is 2.25. The second-order valence-electron chi connectivity index (χ2n) is 4.65. The number of hydrogen-bond donors (Lipinski definition) is 1. The molecule has 98 valence electrons. The molecular weight excluding hydrogens is 258 g/mol. The van der Waals surface area contributed by atoms with Crippen LogP contribution in [0.1, 0.15) is 0 Å². The van der Waals surface area contributed by atoms with E-state index in [0.717, 1.165) is 17.2 Å². The van der Waals surface area contributed by atoms with Gasteiger partial charge in [0.1, 0.15) is 17.2 Å². The van der Waals surface area contributed by atoms with Crippen LogP contribution in [0.5, 0.6) is 11.5 Å². The van der Waals surface area contributed by atoms with E-state index in [1.165, 1.54) is 0 Å². The van der Waals surface area contributed by atoms with Crippen LogP contribution < -0.4 is 9.22 Å². The van der Waals surface area contributed by atoms with E-state index < -0.39 is 0 Å². The van der Waals surface area contributed by atoms with Gasteiger partial charge in [0.15, 0.2) is 0 Å². The van der Waals surface area contributed by atoms with Crippen LogP contribution in [-0.4, -0.2) is 19.3 Å². The predicted molar refractivity (Wildman–Crippen MR) is 81.0 cm³/mol. The molecule has 0 bridgehead atoms. The average Bonchev–Trinajstić information content (AvgIpc) is 2.40. The van der Waals surface area contributed by atoms with Crippen LogP contribution in [0, 0.1) is 0 Å². The van der Waals surface area contributed by atoms with Gasteiger partial charge in [-0.05, 0) is 36.9 Å². The van der Waals surface area contributed by atoms with Crippen molar-refractivity contribution in [3.63, 3.8) is 0 Å². The molecule has 0 aromatic heterocycles. The zero-order valence-corrected chi connectivity index (χ0v) is 11.8. The van der Waals surface area contributed by atoms with Crippen LogP contribution in [0.2, 0.25) is 0 Å².